The van der Waals surface area contributed by atoms with Gasteiger partial charge in [-0.3, -0.25) is 14.5 Å². The second kappa shape index (κ2) is 9.89. The number of alkyl carbamates (subject to hydrolysis) is 1. The Bertz CT molecular complexity index is 866. The van der Waals surface area contributed by atoms with Crippen LogP contribution in [0.15, 0.2) is 48.5 Å². The lowest BCUT2D eigenvalue weighted by atomic mass is 9.98. The second-order valence-electron chi connectivity index (χ2n) is 7.07. The zero-order chi connectivity index (χ0) is 21.5. The van der Waals surface area contributed by atoms with Gasteiger partial charge >= 0.3 is 18.0 Å². The van der Waals surface area contributed by atoms with Crippen LogP contribution < -0.4 is 5.32 Å². The van der Waals surface area contributed by atoms with Crippen LogP contribution in [-0.2, 0) is 14.3 Å². The van der Waals surface area contributed by atoms with E-state index >= 15 is 0 Å². The summed E-state index contributed by atoms with van der Waals surface area (Å²) in [5, 5.41) is 20.2. The minimum Gasteiger partial charge on any atom is -0.481 e. The standard InChI is InChI=1S/C22H24N2O6/c25-20(26)9-11-24(12-10-21(27)28)14-23-22(29)30-13-19-17-7-3-1-5-15(17)16-6-2-4-8-18(16)19/h1-8,19H,9-14H2,(H,23,29)(H,25,26)(H,27,28). The van der Waals surface area contributed by atoms with E-state index in [1.807, 2.05) is 36.4 Å². The highest BCUT2D eigenvalue weighted by molar-refractivity contribution is 5.79. The summed E-state index contributed by atoms with van der Waals surface area (Å²) in [6.45, 7) is 0.444. The molecule has 0 unspecified atom stereocenters. The highest BCUT2D eigenvalue weighted by atomic mass is 16.5. The van der Waals surface area contributed by atoms with Crippen molar-refractivity contribution in [2.24, 2.45) is 0 Å². The van der Waals surface area contributed by atoms with Crippen LogP contribution >= 0.6 is 0 Å². The average molecular weight is 412 g/mol. The first-order chi connectivity index (χ1) is 14.5. The van der Waals surface area contributed by atoms with E-state index in [2.05, 4.69) is 17.4 Å². The molecular weight excluding hydrogens is 388 g/mol. The highest BCUT2D eigenvalue weighted by Crippen LogP contribution is 2.44. The molecule has 0 fully saturated rings. The molecular formula is C22H24N2O6. The molecule has 0 saturated heterocycles. The van der Waals surface area contributed by atoms with Gasteiger partial charge in [-0.05, 0) is 22.3 Å². The Morgan fingerprint density at radius 1 is 0.867 bits per heavy atom. The first kappa shape index (κ1) is 21.3. The van der Waals surface area contributed by atoms with Crippen LogP contribution in [0.2, 0.25) is 0 Å². The molecule has 30 heavy (non-hydrogen) atoms. The number of carbonyl (C=O) groups is 3. The summed E-state index contributed by atoms with van der Waals surface area (Å²) < 4.78 is 5.43. The molecule has 1 aliphatic carbocycles. The van der Waals surface area contributed by atoms with Gasteiger partial charge in [0.15, 0.2) is 0 Å². The summed E-state index contributed by atoms with van der Waals surface area (Å²) in [5.74, 6) is -2.04. The Hall–Kier alpha value is -3.39. The minimum atomic E-state index is -0.989. The van der Waals surface area contributed by atoms with Crippen molar-refractivity contribution in [3.8, 4) is 11.1 Å². The summed E-state index contributed by atoms with van der Waals surface area (Å²) in [6, 6.07) is 16.0. The van der Waals surface area contributed by atoms with E-state index in [-0.39, 0.29) is 45.1 Å². The third-order valence-electron chi connectivity index (χ3n) is 5.07. The van der Waals surface area contributed by atoms with Crippen LogP contribution in [0.25, 0.3) is 11.1 Å². The quantitative estimate of drug-likeness (QED) is 0.514. The second-order valence-corrected chi connectivity index (χ2v) is 7.07. The summed E-state index contributed by atoms with van der Waals surface area (Å²) in [5.41, 5.74) is 4.48. The zero-order valence-corrected chi connectivity index (χ0v) is 16.4. The number of aliphatic carboxylic acids is 2. The van der Waals surface area contributed by atoms with Gasteiger partial charge in [0.05, 0.1) is 19.5 Å². The smallest absolute Gasteiger partial charge is 0.408 e. The third-order valence-corrected chi connectivity index (χ3v) is 5.07. The molecule has 0 aromatic heterocycles. The van der Waals surface area contributed by atoms with Crippen LogP contribution in [0.1, 0.15) is 29.9 Å². The number of carboxylic acids is 2. The van der Waals surface area contributed by atoms with Crippen molar-refractivity contribution in [3.05, 3.63) is 59.7 Å². The molecule has 0 heterocycles. The first-order valence-corrected chi connectivity index (χ1v) is 9.70. The number of amides is 1. The number of rotatable bonds is 10. The van der Waals surface area contributed by atoms with E-state index in [1.165, 1.54) is 0 Å². The van der Waals surface area contributed by atoms with Crippen molar-refractivity contribution in [1.82, 2.24) is 10.2 Å². The van der Waals surface area contributed by atoms with Crippen LogP contribution in [0.3, 0.4) is 0 Å². The van der Waals surface area contributed by atoms with Crippen LogP contribution in [-0.4, -0.2) is 59.5 Å². The lowest BCUT2D eigenvalue weighted by Crippen LogP contribution is -2.40. The van der Waals surface area contributed by atoms with Crippen molar-refractivity contribution in [1.29, 1.82) is 0 Å². The van der Waals surface area contributed by atoms with E-state index < -0.39 is 18.0 Å². The fourth-order valence-electron chi connectivity index (χ4n) is 3.60. The third kappa shape index (κ3) is 5.36. The number of hydrogen-bond donors (Lipinski definition) is 3. The van der Waals surface area contributed by atoms with Gasteiger partial charge in [0.2, 0.25) is 0 Å². The Morgan fingerprint density at radius 2 is 1.37 bits per heavy atom. The molecule has 1 aliphatic rings. The molecule has 3 N–H and O–H groups in total. The monoisotopic (exact) mass is 412 g/mol. The van der Waals surface area contributed by atoms with E-state index in [4.69, 9.17) is 14.9 Å². The molecule has 0 aliphatic heterocycles. The van der Waals surface area contributed by atoms with Gasteiger partial charge in [0, 0.05) is 19.0 Å². The molecule has 0 saturated carbocycles. The van der Waals surface area contributed by atoms with Gasteiger partial charge in [-0.15, -0.1) is 0 Å². The van der Waals surface area contributed by atoms with Gasteiger partial charge in [0.1, 0.15) is 6.61 Å². The fourth-order valence-corrected chi connectivity index (χ4v) is 3.60. The van der Waals surface area contributed by atoms with Crippen molar-refractivity contribution < 1.29 is 29.3 Å². The number of hydrogen-bond acceptors (Lipinski definition) is 5. The number of nitrogens with zero attached hydrogens (tertiary/aromatic N) is 1. The van der Waals surface area contributed by atoms with E-state index in [9.17, 15) is 14.4 Å². The molecule has 8 heteroatoms. The Morgan fingerprint density at radius 3 is 1.87 bits per heavy atom. The zero-order valence-electron chi connectivity index (χ0n) is 16.4. The normalized spacial score (nSPS) is 12.3. The average Bonchev–Trinajstić information content (AvgIpc) is 3.05. The van der Waals surface area contributed by atoms with Crippen molar-refractivity contribution in [2.45, 2.75) is 18.8 Å². The lowest BCUT2D eigenvalue weighted by molar-refractivity contribution is -0.137. The molecule has 1 amide bonds. The topological polar surface area (TPSA) is 116 Å². The van der Waals surface area contributed by atoms with Crippen LogP contribution in [0.5, 0.6) is 0 Å². The molecule has 0 spiro atoms. The van der Waals surface area contributed by atoms with Crippen LogP contribution in [0, 0.1) is 0 Å². The Labute approximate surface area is 174 Å². The maximum atomic E-state index is 12.2. The van der Waals surface area contributed by atoms with Gasteiger partial charge < -0.3 is 20.3 Å². The van der Waals surface area contributed by atoms with Gasteiger partial charge in [-0.1, -0.05) is 48.5 Å². The molecule has 2 aromatic carbocycles. The van der Waals surface area contributed by atoms with Crippen molar-refractivity contribution >= 4 is 18.0 Å². The maximum Gasteiger partial charge on any atom is 0.408 e. The van der Waals surface area contributed by atoms with Crippen molar-refractivity contribution in [2.75, 3.05) is 26.4 Å². The van der Waals surface area contributed by atoms with Gasteiger partial charge in [-0.25, -0.2) is 4.79 Å². The number of ether oxygens (including phenoxy) is 1. The molecule has 158 valence electrons. The molecule has 2 aromatic rings. The SMILES string of the molecule is O=C(O)CCN(CCC(=O)O)CNC(=O)OCC1c2ccccc2-c2ccccc21. The molecule has 0 bridgehead atoms. The van der Waals surface area contributed by atoms with E-state index in [1.54, 1.807) is 4.90 Å². The predicted molar refractivity (Wildman–Crippen MR) is 109 cm³/mol. The van der Waals surface area contributed by atoms with Crippen molar-refractivity contribution in [3.63, 3.8) is 0 Å². The Balaban J connectivity index is 1.56. The Kier molecular flexibility index (Phi) is 7.03. The fraction of sp³-hybridized carbons (Fsp3) is 0.318. The lowest BCUT2D eigenvalue weighted by Gasteiger charge is -2.21. The number of nitrogens with one attached hydrogen (secondary N) is 1. The number of benzene rings is 2. The molecule has 0 atom stereocenters. The largest absolute Gasteiger partial charge is 0.481 e. The van der Waals surface area contributed by atoms with Crippen LogP contribution in [0.4, 0.5) is 4.79 Å². The molecule has 8 nitrogen and oxygen atoms in total. The number of carbonyl (C=O) groups excluding carboxylic acids is 1. The summed E-state index contributed by atoms with van der Waals surface area (Å²) in [7, 11) is 0. The summed E-state index contributed by atoms with van der Waals surface area (Å²) in [6.07, 6.45) is -0.926. The molecule has 3 rings (SSSR count). The minimum absolute atomic E-state index is 0.0111. The maximum absolute atomic E-state index is 12.2. The van der Waals surface area contributed by atoms with Gasteiger partial charge in [-0.2, -0.15) is 0 Å². The van der Waals surface area contributed by atoms with Gasteiger partial charge in [0.25, 0.3) is 0 Å². The van der Waals surface area contributed by atoms with E-state index in [0.29, 0.717) is 0 Å². The highest BCUT2D eigenvalue weighted by Gasteiger charge is 2.29. The summed E-state index contributed by atoms with van der Waals surface area (Å²) >= 11 is 0. The predicted octanol–water partition coefficient (Wildman–Crippen LogP) is 2.73. The molecule has 0 radical (unpaired) electrons. The number of fused-ring (bicyclic) bond motifs is 3. The first-order valence-electron chi connectivity index (χ1n) is 9.70. The summed E-state index contributed by atoms with van der Waals surface area (Å²) in [4.78, 5) is 35.3. The van der Waals surface area contributed by atoms with E-state index in [0.717, 1.165) is 22.3 Å². The number of carboxylic acid groups (broad SMARTS) is 2.